The molecule has 0 fully saturated rings. The van der Waals surface area contributed by atoms with E-state index in [0.29, 0.717) is 0 Å². The molecular formula is C48H31NOS. The van der Waals surface area contributed by atoms with Crippen molar-refractivity contribution in [3.63, 3.8) is 0 Å². The molecule has 0 bridgehead atoms. The van der Waals surface area contributed by atoms with E-state index in [1.54, 1.807) is 0 Å². The van der Waals surface area contributed by atoms with Crippen LogP contribution in [0.15, 0.2) is 192 Å². The molecule has 0 unspecified atom stereocenters. The largest absolute Gasteiger partial charge is 0.456 e. The van der Waals surface area contributed by atoms with Crippen LogP contribution in [0.1, 0.15) is 0 Å². The number of benzene rings is 8. The quantitative estimate of drug-likeness (QED) is 0.175. The summed E-state index contributed by atoms with van der Waals surface area (Å²) in [6, 6.07) is 67.3. The number of nitrogens with zero attached hydrogens (tertiary/aromatic N) is 1. The van der Waals surface area contributed by atoms with E-state index in [9.17, 15) is 0 Å². The van der Waals surface area contributed by atoms with E-state index in [-0.39, 0.29) is 0 Å². The molecule has 0 atom stereocenters. The minimum atomic E-state index is 0.878. The Labute approximate surface area is 300 Å². The van der Waals surface area contributed by atoms with Crippen molar-refractivity contribution in [3.8, 4) is 33.4 Å². The van der Waals surface area contributed by atoms with E-state index in [0.717, 1.165) is 39.0 Å². The number of thiophene rings is 1. The van der Waals surface area contributed by atoms with Gasteiger partial charge in [-0.2, -0.15) is 0 Å². The van der Waals surface area contributed by atoms with Crippen molar-refractivity contribution >= 4 is 70.5 Å². The molecular weight excluding hydrogens is 639 g/mol. The van der Waals surface area contributed by atoms with Crippen molar-refractivity contribution in [1.82, 2.24) is 0 Å². The van der Waals surface area contributed by atoms with Gasteiger partial charge >= 0.3 is 0 Å². The Bertz CT molecular complexity index is 2850. The van der Waals surface area contributed by atoms with Gasteiger partial charge < -0.3 is 9.32 Å². The minimum Gasteiger partial charge on any atom is -0.456 e. The first-order valence-electron chi connectivity index (χ1n) is 17.3. The van der Waals surface area contributed by atoms with Gasteiger partial charge in [0.2, 0.25) is 0 Å². The first-order valence-corrected chi connectivity index (χ1v) is 18.1. The predicted molar refractivity (Wildman–Crippen MR) is 218 cm³/mol. The van der Waals surface area contributed by atoms with E-state index >= 15 is 0 Å². The zero-order chi connectivity index (χ0) is 33.7. The fourth-order valence-electron chi connectivity index (χ4n) is 7.42. The van der Waals surface area contributed by atoms with Crippen LogP contribution in [0.4, 0.5) is 17.1 Å². The lowest BCUT2D eigenvalue weighted by molar-refractivity contribution is 0.669. The number of para-hydroxylation sites is 1. The minimum absolute atomic E-state index is 0.878. The molecule has 2 nitrogen and oxygen atoms in total. The molecule has 0 radical (unpaired) electrons. The van der Waals surface area contributed by atoms with E-state index < -0.39 is 0 Å². The van der Waals surface area contributed by atoms with Crippen LogP contribution in [0.2, 0.25) is 0 Å². The summed E-state index contributed by atoms with van der Waals surface area (Å²) in [5.41, 5.74) is 12.3. The van der Waals surface area contributed by atoms with Gasteiger partial charge in [0.15, 0.2) is 0 Å². The van der Waals surface area contributed by atoms with Crippen LogP contribution in [-0.2, 0) is 0 Å². The summed E-state index contributed by atoms with van der Waals surface area (Å²) in [5.74, 6) is 0. The predicted octanol–water partition coefficient (Wildman–Crippen LogP) is 14.4. The van der Waals surface area contributed by atoms with Crippen LogP contribution >= 0.6 is 11.3 Å². The molecule has 0 aliphatic carbocycles. The summed E-state index contributed by atoms with van der Waals surface area (Å²) >= 11 is 1.87. The molecule has 0 spiro atoms. The molecule has 0 N–H and O–H groups in total. The van der Waals surface area contributed by atoms with Gasteiger partial charge in [0, 0.05) is 43.7 Å². The van der Waals surface area contributed by atoms with Crippen LogP contribution in [-0.4, -0.2) is 0 Å². The summed E-state index contributed by atoms with van der Waals surface area (Å²) in [5, 5.41) is 4.79. The number of hydrogen-bond acceptors (Lipinski definition) is 3. The zero-order valence-corrected chi connectivity index (χ0v) is 28.5. The standard InChI is InChI=1S/C48H31NOS/c1-3-12-32(13-4-1)35-16-9-17-36(30-35)33-24-26-37(27-25-33)49(38-28-29-41-40-18-7-8-23-45(40)50-46(41)31-38)44-22-11-21-43-42-20-10-19-39(47(42)51-48(43)44)34-14-5-2-6-15-34/h1-31H. The molecule has 0 aliphatic rings. The molecule has 10 aromatic rings. The Balaban J connectivity index is 1.15. The third kappa shape index (κ3) is 5.10. The summed E-state index contributed by atoms with van der Waals surface area (Å²) in [7, 11) is 0. The second-order valence-corrected chi connectivity index (χ2v) is 13.9. The second kappa shape index (κ2) is 12.2. The van der Waals surface area contributed by atoms with Gasteiger partial charge in [0.1, 0.15) is 11.2 Å². The fourth-order valence-corrected chi connectivity index (χ4v) is 8.76. The van der Waals surface area contributed by atoms with E-state index in [1.807, 2.05) is 23.5 Å². The highest BCUT2D eigenvalue weighted by Gasteiger charge is 2.20. The molecule has 8 aromatic carbocycles. The number of fused-ring (bicyclic) bond motifs is 6. The lowest BCUT2D eigenvalue weighted by Crippen LogP contribution is -2.10. The highest BCUT2D eigenvalue weighted by Crippen LogP contribution is 2.48. The van der Waals surface area contributed by atoms with Gasteiger partial charge in [-0.1, -0.05) is 140 Å². The Morgan fingerprint density at radius 3 is 1.71 bits per heavy atom. The summed E-state index contributed by atoms with van der Waals surface area (Å²) in [6.45, 7) is 0. The number of hydrogen-bond donors (Lipinski definition) is 0. The molecule has 0 aliphatic heterocycles. The van der Waals surface area contributed by atoms with Crippen molar-refractivity contribution in [2.75, 3.05) is 4.90 Å². The second-order valence-electron chi connectivity index (χ2n) is 12.9. The van der Waals surface area contributed by atoms with E-state index in [1.165, 1.54) is 53.6 Å². The van der Waals surface area contributed by atoms with Crippen LogP contribution < -0.4 is 4.90 Å². The zero-order valence-electron chi connectivity index (χ0n) is 27.7. The highest BCUT2D eigenvalue weighted by molar-refractivity contribution is 7.27. The Hall–Kier alpha value is -6.42. The molecule has 240 valence electrons. The smallest absolute Gasteiger partial charge is 0.137 e. The van der Waals surface area contributed by atoms with Crippen molar-refractivity contribution in [3.05, 3.63) is 188 Å². The first kappa shape index (κ1) is 29.5. The molecule has 0 amide bonds. The molecule has 0 saturated heterocycles. The van der Waals surface area contributed by atoms with Gasteiger partial charge in [0.25, 0.3) is 0 Å². The van der Waals surface area contributed by atoms with E-state index in [2.05, 4.69) is 181 Å². The highest BCUT2D eigenvalue weighted by atomic mass is 32.1. The van der Waals surface area contributed by atoms with Crippen LogP contribution in [0.25, 0.3) is 75.5 Å². The summed E-state index contributed by atoms with van der Waals surface area (Å²) < 4.78 is 8.96. The third-order valence-corrected chi connectivity index (χ3v) is 11.2. The van der Waals surface area contributed by atoms with Gasteiger partial charge in [-0.15, -0.1) is 11.3 Å². The van der Waals surface area contributed by atoms with Crippen molar-refractivity contribution in [2.24, 2.45) is 0 Å². The number of rotatable bonds is 6. The normalized spacial score (nSPS) is 11.5. The van der Waals surface area contributed by atoms with Crippen LogP contribution in [0.5, 0.6) is 0 Å². The Morgan fingerprint density at radius 1 is 0.353 bits per heavy atom. The lowest BCUT2D eigenvalue weighted by atomic mass is 9.99. The maximum absolute atomic E-state index is 6.42. The number of furan rings is 1. The monoisotopic (exact) mass is 669 g/mol. The van der Waals surface area contributed by atoms with Gasteiger partial charge in [-0.05, 0) is 75.8 Å². The molecule has 0 saturated carbocycles. The van der Waals surface area contributed by atoms with Crippen LogP contribution in [0, 0.1) is 0 Å². The molecule has 3 heteroatoms. The van der Waals surface area contributed by atoms with Crippen molar-refractivity contribution < 1.29 is 4.42 Å². The van der Waals surface area contributed by atoms with Crippen molar-refractivity contribution in [2.45, 2.75) is 0 Å². The molecule has 2 aromatic heterocycles. The molecule has 10 rings (SSSR count). The van der Waals surface area contributed by atoms with Crippen molar-refractivity contribution in [1.29, 1.82) is 0 Å². The van der Waals surface area contributed by atoms with E-state index in [4.69, 9.17) is 4.42 Å². The maximum Gasteiger partial charge on any atom is 0.137 e. The van der Waals surface area contributed by atoms with Gasteiger partial charge in [0.05, 0.1) is 10.4 Å². The third-order valence-electron chi connectivity index (χ3n) is 9.88. The lowest BCUT2D eigenvalue weighted by Gasteiger charge is -2.26. The van der Waals surface area contributed by atoms with Crippen LogP contribution in [0.3, 0.4) is 0 Å². The Morgan fingerprint density at radius 2 is 0.922 bits per heavy atom. The topological polar surface area (TPSA) is 16.4 Å². The van der Waals surface area contributed by atoms with Gasteiger partial charge in [-0.3, -0.25) is 0 Å². The summed E-state index contributed by atoms with van der Waals surface area (Å²) in [4.78, 5) is 2.39. The average Bonchev–Trinajstić information content (AvgIpc) is 3.78. The van der Waals surface area contributed by atoms with Gasteiger partial charge in [-0.25, -0.2) is 0 Å². The molecule has 2 heterocycles. The maximum atomic E-state index is 6.42. The summed E-state index contributed by atoms with van der Waals surface area (Å²) in [6.07, 6.45) is 0. The Kier molecular flexibility index (Phi) is 7.04. The fraction of sp³-hybridized carbons (Fsp3) is 0. The number of anilines is 3. The molecule has 51 heavy (non-hydrogen) atoms. The SMILES string of the molecule is c1ccc(-c2cccc(-c3ccc(N(c4ccc5c(c4)oc4ccccc45)c4cccc5c4sc4c(-c6ccccc6)cccc45)cc3)c2)cc1. The average molecular weight is 670 g/mol. The first-order chi connectivity index (χ1) is 25.3.